The third-order valence-electron chi connectivity index (χ3n) is 4.61. The lowest BCUT2D eigenvalue weighted by Crippen LogP contribution is -2.44. The van der Waals surface area contributed by atoms with Crippen molar-refractivity contribution in [3.63, 3.8) is 0 Å². The van der Waals surface area contributed by atoms with Crippen LogP contribution < -0.4 is 10.1 Å². The zero-order valence-electron chi connectivity index (χ0n) is 14.9. The third-order valence-corrected chi connectivity index (χ3v) is 4.61. The van der Waals surface area contributed by atoms with Gasteiger partial charge in [-0.3, -0.25) is 9.59 Å². The number of nitrogens with zero attached hydrogens (tertiary/aromatic N) is 1. The maximum atomic E-state index is 12.3. The normalized spacial score (nSPS) is 15.2. The highest BCUT2D eigenvalue weighted by Gasteiger charge is 2.27. The molecule has 1 N–H and O–H groups in total. The molecule has 1 aromatic rings. The van der Waals surface area contributed by atoms with Crippen molar-refractivity contribution in [2.24, 2.45) is 5.92 Å². The van der Waals surface area contributed by atoms with Crippen molar-refractivity contribution in [1.29, 1.82) is 0 Å². The number of amides is 2. The Morgan fingerprint density at radius 3 is 2.54 bits per heavy atom. The topological polar surface area (TPSA) is 58.6 Å². The Labute approximate surface area is 144 Å². The monoisotopic (exact) mass is 332 g/mol. The molecule has 24 heavy (non-hydrogen) atoms. The number of ether oxygens (including phenoxy) is 1. The molecule has 1 aliphatic heterocycles. The van der Waals surface area contributed by atoms with E-state index in [4.69, 9.17) is 4.74 Å². The molecule has 0 bridgehead atoms. The molecule has 132 valence electrons. The molecule has 5 heteroatoms. The van der Waals surface area contributed by atoms with Gasteiger partial charge in [-0.05, 0) is 56.4 Å². The molecule has 0 unspecified atom stereocenters. The zero-order valence-corrected chi connectivity index (χ0v) is 14.9. The van der Waals surface area contributed by atoms with Gasteiger partial charge in [0.15, 0.2) is 6.61 Å². The van der Waals surface area contributed by atoms with Crippen LogP contribution >= 0.6 is 0 Å². The van der Waals surface area contributed by atoms with Crippen molar-refractivity contribution in [1.82, 2.24) is 10.2 Å². The van der Waals surface area contributed by atoms with E-state index in [1.165, 1.54) is 5.56 Å². The lowest BCUT2D eigenvalue weighted by molar-refractivity contribution is -0.137. The van der Waals surface area contributed by atoms with E-state index in [2.05, 4.69) is 5.32 Å². The van der Waals surface area contributed by atoms with Gasteiger partial charge >= 0.3 is 0 Å². The number of nitrogens with one attached hydrogen (secondary N) is 1. The molecule has 1 saturated heterocycles. The van der Waals surface area contributed by atoms with Gasteiger partial charge in [0.05, 0.1) is 0 Å². The van der Waals surface area contributed by atoms with E-state index >= 15 is 0 Å². The van der Waals surface area contributed by atoms with Crippen molar-refractivity contribution in [3.05, 3.63) is 29.3 Å². The van der Waals surface area contributed by atoms with E-state index in [-0.39, 0.29) is 24.3 Å². The van der Waals surface area contributed by atoms with Crippen LogP contribution in [0.2, 0.25) is 0 Å². The molecule has 0 atom stereocenters. The van der Waals surface area contributed by atoms with Gasteiger partial charge in [0.25, 0.3) is 5.91 Å². The molecule has 1 aliphatic rings. The number of piperidine rings is 1. The van der Waals surface area contributed by atoms with Crippen LogP contribution in [-0.4, -0.2) is 43.0 Å². The average Bonchev–Trinajstić information content (AvgIpc) is 2.60. The molecule has 5 nitrogen and oxygen atoms in total. The summed E-state index contributed by atoms with van der Waals surface area (Å²) in [6, 6.07) is 5.84. The number of rotatable bonds is 6. The van der Waals surface area contributed by atoms with Crippen LogP contribution in [0, 0.1) is 19.8 Å². The van der Waals surface area contributed by atoms with Gasteiger partial charge in [0.1, 0.15) is 5.75 Å². The standard InChI is InChI=1S/C19H28N2O3/c1-4-9-20-19(23)16-7-10-21(11-8-16)18(22)13-24-17-6-5-14(2)15(3)12-17/h5-6,12,16H,4,7-11,13H2,1-3H3,(H,20,23). The quantitative estimate of drug-likeness (QED) is 0.870. The number of hydrogen-bond donors (Lipinski definition) is 1. The van der Waals surface area contributed by atoms with Crippen molar-refractivity contribution < 1.29 is 14.3 Å². The van der Waals surface area contributed by atoms with E-state index in [1.54, 1.807) is 4.90 Å². The van der Waals surface area contributed by atoms with Gasteiger partial charge in [0.2, 0.25) is 5.91 Å². The Balaban J connectivity index is 1.76. The molecule has 0 aliphatic carbocycles. The summed E-state index contributed by atoms with van der Waals surface area (Å²) in [4.78, 5) is 26.0. The maximum absolute atomic E-state index is 12.3. The first kappa shape index (κ1) is 18.3. The fraction of sp³-hybridized carbons (Fsp3) is 0.579. The molecule has 1 fully saturated rings. The van der Waals surface area contributed by atoms with Crippen LogP contribution in [0.15, 0.2) is 18.2 Å². The fourth-order valence-corrected chi connectivity index (χ4v) is 2.82. The average molecular weight is 332 g/mol. The summed E-state index contributed by atoms with van der Waals surface area (Å²) in [5.74, 6) is 0.859. The molecule has 1 aromatic carbocycles. The second-order valence-corrected chi connectivity index (χ2v) is 6.48. The van der Waals surface area contributed by atoms with E-state index in [9.17, 15) is 9.59 Å². The van der Waals surface area contributed by atoms with Crippen molar-refractivity contribution >= 4 is 11.8 Å². The molecule has 2 amide bonds. The highest BCUT2D eigenvalue weighted by molar-refractivity contribution is 5.80. The zero-order chi connectivity index (χ0) is 17.5. The number of aryl methyl sites for hydroxylation is 2. The Morgan fingerprint density at radius 1 is 1.21 bits per heavy atom. The van der Waals surface area contributed by atoms with Gasteiger partial charge in [0, 0.05) is 25.6 Å². The second kappa shape index (κ2) is 8.71. The summed E-state index contributed by atoms with van der Waals surface area (Å²) in [5, 5.41) is 2.94. The van der Waals surface area contributed by atoms with Crippen LogP contribution in [0.3, 0.4) is 0 Å². The second-order valence-electron chi connectivity index (χ2n) is 6.48. The third kappa shape index (κ3) is 4.98. The minimum Gasteiger partial charge on any atom is -0.484 e. The van der Waals surface area contributed by atoms with Gasteiger partial charge in [-0.25, -0.2) is 0 Å². The number of benzene rings is 1. The maximum Gasteiger partial charge on any atom is 0.260 e. The number of carbonyl (C=O) groups is 2. The summed E-state index contributed by atoms with van der Waals surface area (Å²) in [7, 11) is 0. The van der Waals surface area contributed by atoms with E-state index < -0.39 is 0 Å². The van der Waals surface area contributed by atoms with Crippen LogP contribution in [0.25, 0.3) is 0 Å². The number of likely N-dealkylation sites (tertiary alicyclic amines) is 1. The molecular formula is C19H28N2O3. The Hall–Kier alpha value is -2.04. The summed E-state index contributed by atoms with van der Waals surface area (Å²) in [6.07, 6.45) is 2.40. The Morgan fingerprint density at radius 2 is 1.92 bits per heavy atom. The Kier molecular flexibility index (Phi) is 6.64. The predicted molar refractivity (Wildman–Crippen MR) is 94.0 cm³/mol. The van der Waals surface area contributed by atoms with Crippen molar-refractivity contribution in [3.8, 4) is 5.75 Å². The van der Waals surface area contributed by atoms with Gasteiger partial charge in [-0.2, -0.15) is 0 Å². The van der Waals surface area contributed by atoms with Crippen LogP contribution in [-0.2, 0) is 9.59 Å². The fourth-order valence-electron chi connectivity index (χ4n) is 2.82. The lowest BCUT2D eigenvalue weighted by Gasteiger charge is -2.31. The van der Waals surface area contributed by atoms with E-state index in [0.29, 0.717) is 13.1 Å². The SMILES string of the molecule is CCCNC(=O)C1CCN(C(=O)COc2ccc(C)c(C)c2)CC1. The van der Waals surface area contributed by atoms with Gasteiger partial charge in [-0.15, -0.1) is 0 Å². The first-order valence-corrected chi connectivity index (χ1v) is 8.76. The van der Waals surface area contributed by atoms with Gasteiger partial charge in [-0.1, -0.05) is 13.0 Å². The van der Waals surface area contributed by atoms with E-state index in [1.807, 2.05) is 39.0 Å². The summed E-state index contributed by atoms with van der Waals surface area (Å²) in [6.45, 7) is 8.14. The predicted octanol–water partition coefficient (Wildman–Crippen LogP) is 2.45. The lowest BCUT2D eigenvalue weighted by atomic mass is 9.96. The summed E-state index contributed by atoms with van der Waals surface area (Å²) >= 11 is 0. The number of carbonyl (C=O) groups excluding carboxylic acids is 2. The minimum absolute atomic E-state index is 0.0133. The highest BCUT2D eigenvalue weighted by atomic mass is 16.5. The largest absolute Gasteiger partial charge is 0.484 e. The summed E-state index contributed by atoms with van der Waals surface area (Å²) in [5.41, 5.74) is 2.36. The highest BCUT2D eigenvalue weighted by Crippen LogP contribution is 2.19. The van der Waals surface area contributed by atoms with E-state index in [0.717, 1.165) is 37.1 Å². The molecule has 0 aromatic heterocycles. The molecular weight excluding hydrogens is 304 g/mol. The smallest absolute Gasteiger partial charge is 0.260 e. The Bertz CT molecular complexity index is 578. The number of hydrogen-bond acceptors (Lipinski definition) is 3. The van der Waals surface area contributed by atoms with Crippen LogP contribution in [0.5, 0.6) is 5.75 Å². The van der Waals surface area contributed by atoms with Gasteiger partial charge < -0.3 is 15.0 Å². The first-order chi connectivity index (χ1) is 11.5. The van der Waals surface area contributed by atoms with Crippen molar-refractivity contribution in [2.45, 2.75) is 40.0 Å². The van der Waals surface area contributed by atoms with Crippen molar-refractivity contribution in [2.75, 3.05) is 26.2 Å². The molecule has 2 rings (SSSR count). The molecule has 0 saturated carbocycles. The molecule has 1 heterocycles. The minimum atomic E-state index is -0.0133. The molecule has 0 spiro atoms. The first-order valence-electron chi connectivity index (χ1n) is 8.76. The molecule has 0 radical (unpaired) electrons. The van der Waals surface area contributed by atoms with Crippen LogP contribution in [0.4, 0.5) is 0 Å². The summed E-state index contributed by atoms with van der Waals surface area (Å²) < 4.78 is 5.61. The van der Waals surface area contributed by atoms with Crippen LogP contribution in [0.1, 0.15) is 37.3 Å².